The number of H-pyrrole nitrogens is 1. The fourth-order valence-corrected chi connectivity index (χ4v) is 3.12. The summed E-state index contributed by atoms with van der Waals surface area (Å²) in [5.74, 6) is -1.17. The van der Waals surface area contributed by atoms with Crippen molar-refractivity contribution in [3.63, 3.8) is 0 Å². The van der Waals surface area contributed by atoms with Crippen molar-refractivity contribution in [2.45, 2.75) is 4.90 Å². The van der Waals surface area contributed by atoms with Gasteiger partial charge in [-0.2, -0.15) is 4.31 Å². The Morgan fingerprint density at radius 2 is 2.00 bits per heavy atom. The van der Waals surface area contributed by atoms with E-state index in [1.54, 1.807) is 0 Å². The van der Waals surface area contributed by atoms with Crippen LogP contribution in [0.5, 0.6) is 0 Å². The van der Waals surface area contributed by atoms with Gasteiger partial charge in [0.25, 0.3) is 0 Å². The third-order valence-corrected chi connectivity index (χ3v) is 4.48. The summed E-state index contributed by atoms with van der Waals surface area (Å²) in [6.45, 7) is 2.01. The molecule has 94 valence electrons. The van der Waals surface area contributed by atoms with Crippen LogP contribution in [0.4, 0.5) is 0 Å². The van der Waals surface area contributed by atoms with E-state index >= 15 is 0 Å². The van der Waals surface area contributed by atoms with Crippen molar-refractivity contribution >= 4 is 16.0 Å². The number of aromatic amines is 1. The molecule has 0 amide bonds. The van der Waals surface area contributed by atoms with Crippen molar-refractivity contribution in [2.24, 2.45) is 0 Å². The number of nitrogens with zero attached hydrogens (tertiary/aromatic N) is 1. The maximum atomic E-state index is 12.1. The minimum atomic E-state index is -3.58. The molecule has 7 nitrogen and oxygen atoms in total. The topological polar surface area (TPSA) is 102 Å². The van der Waals surface area contributed by atoms with Gasteiger partial charge in [-0.25, -0.2) is 13.2 Å². The number of sulfonamides is 1. The summed E-state index contributed by atoms with van der Waals surface area (Å²) in [4.78, 5) is 13.1. The quantitative estimate of drug-likeness (QED) is 0.666. The van der Waals surface area contributed by atoms with Crippen LogP contribution in [-0.2, 0) is 10.0 Å². The zero-order chi connectivity index (χ0) is 12.5. The van der Waals surface area contributed by atoms with Crippen molar-refractivity contribution in [3.8, 4) is 0 Å². The van der Waals surface area contributed by atoms with Gasteiger partial charge in [-0.3, -0.25) is 0 Å². The monoisotopic (exact) mass is 259 g/mol. The van der Waals surface area contributed by atoms with Gasteiger partial charge in [0.05, 0.1) is 0 Å². The number of piperazine rings is 1. The maximum Gasteiger partial charge on any atom is 0.352 e. The summed E-state index contributed by atoms with van der Waals surface area (Å²) in [6, 6.07) is 1.14. The number of carbonyl (C=O) groups is 1. The molecule has 1 aromatic heterocycles. The highest BCUT2D eigenvalue weighted by Crippen LogP contribution is 2.17. The fourth-order valence-electron chi connectivity index (χ4n) is 1.68. The summed E-state index contributed by atoms with van der Waals surface area (Å²) in [5, 5.41) is 11.8. The molecule has 2 heterocycles. The first-order valence-electron chi connectivity index (χ1n) is 5.14. The summed E-state index contributed by atoms with van der Waals surface area (Å²) in [6.07, 6.45) is 1.21. The van der Waals surface area contributed by atoms with E-state index in [1.165, 1.54) is 10.5 Å². The highest BCUT2D eigenvalue weighted by Gasteiger charge is 2.27. The van der Waals surface area contributed by atoms with Crippen LogP contribution >= 0.6 is 0 Å². The van der Waals surface area contributed by atoms with Crippen LogP contribution in [0.15, 0.2) is 17.2 Å². The molecule has 8 heteroatoms. The van der Waals surface area contributed by atoms with Gasteiger partial charge < -0.3 is 15.4 Å². The second kappa shape index (κ2) is 4.47. The molecular formula is C9H13N3O4S. The van der Waals surface area contributed by atoms with Crippen molar-refractivity contribution in [1.82, 2.24) is 14.6 Å². The summed E-state index contributed by atoms with van der Waals surface area (Å²) in [5.41, 5.74) is -0.126. The molecule has 0 atom stereocenters. The Balaban J connectivity index is 2.27. The molecule has 1 aromatic rings. The van der Waals surface area contributed by atoms with E-state index in [0.717, 1.165) is 6.07 Å². The molecule has 2 rings (SSSR count). The van der Waals surface area contributed by atoms with E-state index in [9.17, 15) is 13.2 Å². The van der Waals surface area contributed by atoms with Gasteiger partial charge in [0.15, 0.2) is 0 Å². The lowest BCUT2D eigenvalue weighted by atomic mass is 10.4. The summed E-state index contributed by atoms with van der Waals surface area (Å²) in [7, 11) is -3.58. The minimum absolute atomic E-state index is 0.00296. The molecule has 0 bridgehead atoms. The molecule has 0 unspecified atom stereocenters. The SMILES string of the molecule is O=C(O)c1cc(S(=O)(=O)N2CCNCC2)c[nH]1. The van der Waals surface area contributed by atoms with Gasteiger partial charge >= 0.3 is 5.97 Å². The smallest absolute Gasteiger partial charge is 0.352 e. The highest BCUT2D eigenvalue weighted by atomic mass is 32.2. The Kier molecular flexibility index (Phi) is 3.18. The van der Waals surface area contributed by atoms with E-state index in [4.69, 9.17) is 5.11 Å². The Hall–Kier alpha value is -1.38. The van der Waals surface area contributed by atoms with Crippen LogP contribution in [0, 0.1) is 0 Å². The number of nitrogens with one attached hydrogen (secondary N) is 2. The Morgan fingerprint density at radius 3 is 2.53 bits per heavy atom. The van der Waals surface area contributed by atoms with Crippen molar-refractivity contribution in [1.29, 1.82) is 0 Å². The normalized spacial score (nSPS) is 18.1. The van der Waals surface area contributed by atoms with Crippen molar-refractivity contribution < 1.29 is 18.3 Å². The van der Waals surface area contributed by atoms with E-state index in [2.05, 4.69) is 10.3 Å². The molecule has 1 aliphatic heterocycles. The first-order chi connectivity index (χ1) is 8.01. The van der Waals surface area contributed by atoms with Crippen molar-refractivity contribution in [3.05, 3.63) is 18.0 Å². The Bertz CT molecular complexity index is 516. The zero-order valence-corrected chi connectivity index (χ0v) is 9.83. The van der Waals surface area contributed by atoms with Crippen LogP contribution in [0.25, 0.3) is 0 Å². The fraction of sp³-hybridized carbons (Fsp3) is 0.444. The lowest BCUT2D eigenvalue weighted by molar-refractivity contribution is 0.0691. The average molecular weight is 259 g/mol. The predicted octanol–water partition coefficient (Wildman–Crippen LogP) is -0.693. The second-order valence-corrected chi connectivity index (χ2v) is 5.65. The summed E-state index contributed by atoms with van der Waals surface area (Å²) >= 11 is 0. The third-order valence-electron chi connectivity index (χ3n) is 2.60. The summed E-state index contributed by atoms with van der Waals surface area (Å²) < 4.78 is 25.6. The van der Waals surface area contributed by atoms with Gasteiger partial charge in [0.1, 0.15) is 10.6 Å². The minimum Gasteiger partial charge on any atom is -0.477 e. The van der Waals surface area contributed by atoms with Gasteiger partial charge in [-0.15, -0.1) is 0 Å². The van der Waals surface area contributed by atoms with Crippen LogP contribution in [-0.4, -0.2) is 55.0 Å². The van der Waals surface area contributed by atoms with E-state index in [-0.39, 0.29) is 10.6 Å². The number of carboxylic acid groups (broad SMARTS) is 1. The van der Waals surface area contributed by atoms with Gasteiger partial charge in [-0.05, 0) is 6.07 Å². The molecule has 0 radical (unpaired) electrons. The molecule has 0 aromatic carbocycles. The van der Waals surface area contributed by atoms with Gasteiger partial charge in [-0.1, -0.05) is 0 Å². The molecule has 1 saturated heterocycles. The van der Waals surface area contributed by atoms with Gasteiger partial charge in [0, 0.05) is 32.4 Å². The molecule has 0 saturated carbocycles. The lowest BCUT2D eigenvalue weighted by Gasteiger charge is -2.25. The van der Waals surface area contributed by atoms with Crippen LogP contribution in [0.3, 0.4) is 0 Å². The maximum absolute atomic E-state index is 12.1. The Morgan fingerprint density at radius 1 is 1.35 bits per heavy atom. The molecule has 1 fully saturated rings. The molecule has 0 aliphatic carbocycles. The number of rotatable bonds is 3. The largest absolute Gasteiger partial charge is 0.477 e. The number of aromatic carboxylic acids is 1. The van der Waals surface area contributed by atoms with Crippen molar-refractivity contribution in [2.75, 3.05) is 26.2 Å². The third kappa shape index (κ3) is 2.33. The number of carboxylic acids is 1. The number of hydrogen-bond acceptors (Lipinski definition) is 4. The molecular weight excluding hydrogens is 246 g/mol. The number of hydrogen-bond donors (Lipinski definition) is 3. The molecule has 1 aliphatic rings. The van der Waals surface area contributed by atoms with E-state index in [0.29, 0.717) is 26.2 Å². The Labute approximate surface area is 98.5 Å². The standard InChI is InChI=1S/C9H13N3O4S/c13-9(14)8-5-7(6-11-8)17(15,16)12-3-1-10-2-4-12/h5-6,10-11H,1-4H2,(H,13,14). The van der Waals surface area contributed by atoms with E-state index in [1.807, 2.05) is 0 Å². The average Bonchev–Trinajstić information content (AvgIpc) is 2.80. The van der Waals surface area contributed by atoms with E-state index < -0.39 is 16.0 Å². The second-order valence-electron chi connectivity index (χ2n) is 3.71. The lowest BCUT2D eigenvalue weighted by Crippen LogP contribution is -2.46. The molecule has 3 N–H and O–H groups in total. The predicted molar refractivity (Wildman–Crippen MR) is 59.4 cm³/mol. The first kappa shape index (κ1) is 12.1. The first-order valence-corrected chi connectivity index (χ1v) is 6.58. The van der Waals surface area contributed by atoms with Gasteiger partial charge in [0.2, 0.25) is 10.0 Å². The molecule has 17 heavy (non-hydrogen) atoms. The molecule has 0 spiro atoms. The van der Waals surface area contributed by atoms with Crippen LogP contribution in [0.1, 0.15) is 10.5 Å². The van der Waals surface area contributed by atoms with Crippen LogP contribution < -0.4 is 5.32 Å². The van der Waals surface area contributed by atoms with Crippen LogP contribution in [0.2, 0.25) is 0 Å². The number of aromatic nitrogens is 1. The zero-order valence-electron chi connectivity index (χ0n) is 9.01. The highest BCUT2D eigenvalue weighted by molar-refractivity contribution is 7.89.